The average molecular weight is 282 g/mol. The van der Waals surface area contributed by atoms with E-state index < -0.39 is 17.8 Å². The molecule has 2 aromatic rings. The number of rotatable bonds is 3. The molecule has 1 aliphatic heterocycles. The van der Waals surface area contributed by atoms with Crippen LogP contribution < -0.4 is 4.90 Å². The topological polar surface area (TPSA) is 87.6 Å². The molecule has 104 valence electrons. The quantitative estimate of drug-likeness (QED) is 0.862. The molecule has 0 spiro atoms. The van der Waals surface area contributed by atoms with Crippen molar-refractivity contribution in [1.82, 2.24) is 4.98 Å². The van der Waals surface area contributed by atoms with Crippen LogP contribution >= 0.6 is 0 Å². The maximum Gasteiger partial charge on any atom is 0.307 e. The summed E-state index contributed by atoms with van der Waals surface area (Å²) in [5, 5.41) is 8.72. The van der Waals surface area contributed by atoms with Gasteiger partial charge in [-0.1, -0.05) is 12.1 Å². The Morgan fingerprint density at radius 1 is 1.10 bits per heavy atom. The Labute approximate surface area is 119 Å². The first kappa shape index (κ1) is 13.0. The zero-order chi connectivity index (χ0) is 15.0. The van der Waals surface area contributed by atoms with E-state index in [1.807, 2.05) is 0 Å². The van der Waals surface area contributed by atoms with Gasteiger partial charge in [-0.05, 0) is 29.8 Å². The van der Waals surface area contributed by atoms with Crippen LogP contribution in [-0.2, 0) is 11.2 Å². The first-order valence-corrected chi connectivity index (χ1v) is 6.22. The monoisotopic (exact) mass is 282 g/mol. The van der Waals surface area contributed by atoms with Crippen LogP contribution in [0.25, 0.3) is 0 Å². The van der Waals surface area contributed by atoms with Crippen LogP contribution in [0.1, 0.15) is 26.4 Å². The number of carboxylic acids is 1. The van der Waals surface area contributed by atoms with Crippen molar-refractivity contribution in [2.24, 2.45) is 0 Å². The third kappa shape index (κ3) is 2.16. The Bertz CT molecular complexity index is 718. The Hall–Kier alpha value is -3.02. The lowest BCUT2D eigenvalue weighted by Crippen LogP contribution is -2.29. The first-order chi connectivity index (χ1) is 10.1. The standard InChI is InChI=1S/C15H10N2O4/c18-12(19)8-9-3-5-10(6-4-9)17-14(20)11-2-1-7-16-13(11)15(17)21/h1-7H,8H2,(H,18,19). The maximum atomic E-state index is 12.2. The molecule has 21 heavy (non-hydrogen) atoms. The van der Waals surface area contributed by atoms with Crippen LogP contribution in [-0.4, -0.2) is 27.9 Å². The van der Waals surface area contributed by atoms with E-state index in [2.05, 4.69) is 4.98 Å². The largest absolute Gasteiger partial charge is 0.481 e. The van der Waals surface area contributed by atoms with Crippen molar-refractivity contribution < 1.29 is 19.5 Å². The third-order valence-electron chi connectivity index (χ3n) is 3.20. The zero-order valence-electron chi connectivity index (χ0n) is 10.8. The van der Waals surface area contributed by atoms with Gasteiger partial charge in [0, 0.05) is 6.20 Å². The van der Waals surface area contributed by atoms with Gasteiger partial charge >= 0.3 is 5.97 Å². The number of hydrogen-bond acceptors (Lipinski definition) is 4. The Morgan fingerprint density at radius 2 is 1.81 bits per heavy atom. The van der Waals surface area contributed by atoms with E-state index in [-0.39, 0.29) is 17.7 Å². The van der Waals surface area contributed by atoms with Crippen molar-refractivity contribution >= 4 is 23.5 Å². The van der Waals surface area contributed by atoms with Crippen molar-refractivity contribution in [2.45, 2.75) is 6.42 Å². The summed E-state index contributed by atoms with van der Waals surface area (Å²) in [5.74, 6) is -1.83. The van der Waals surface area contributed by atoms with Crippen LogP contribution in [0.5, 0.6) is 0 Å². The molecule has 0 radical (unpaired) electrons. The molecule has 3 rings (SSSR count). The van der Waals surface area contributed by atoms with Crippen molar-refractivity contribution in [2.75, 3.05) is 4.90 Å². The minimum Gasteiger partial charge on any atom is -0.481 e. The van der Waals surface area contributed by atoms with Crippen molar-refractivity contribution in [3.05, 3.63) is 59.4 Å². The second kappa shape index (κ2) is 4.82. The number of carbonyl (C=O) groups excluding carboxylic acids is 2. The van der Waals surface area contributed by atoms with E-state index in [0.717, 1.165) is 4.90 Å². The molecule has 0 unspecified atom stereocenters. The Kier molecular flexibility index (Phi) is 2.98. The van der Waals surface area contributed by atoms with Gasteiger partial charge in [0.05, 0.1) is 17.7 Å². The second-order valence-corrected chi connectivity index (χ2v) is 4.58. The van der Waals surface area contributed by atoms with Gasteiger partial charge in [-0.15, -0.1) is 0 Å². The number of benzene rings is 1. The molecule has 1 aromatic heterocycles. The van der Waals surface area contributed by atoms with Gasteiger partial charge in [-0.3, -0.25) is 19.4 Å². The van der Waals surface area contributed by atoms with Crippen molar-refractivity contribution in [3.8, 4) is 0 Å². The van der Waals surface area contributed by atoms with E-state index >= 15 is 0 Å². The highest BCUT2D eigenvalue weighted by Crippen LogP contribution is 2.27. The lowest BCUT2D eigenvalue weighted by Gasteiger charge is -2.13. The van der Waals surface area contributed by atoms with E-state index in [9.17, 15) is 14.4 Å². The van der Waals surface area contributed by atoms with Crippen LogP contribution in [0.4, 0.5) is 5.69 Å². The first-order valence-electron chi connectivity index (χ1n) is 6.22. The molecule has 0 fully saturated rings. The highest BCUT2D eigenvalue weighted by atomic mass is 16.4. The Morgan fingerprint density at radius 3 is 2.43 bits per heavy atom. The normalized spacial score (nSPS) is 13.4. The SMILES string of the molecule is O=C(O)Cc1ccc(N2C(=O)c3cccnc3C2=O)cc1. The molecule has 1 N–H and O–H groups in total. The van der Waals surface area contributed by atoms with Gasteiger partial charge < -0.3 is 5.11 Å². The average Bonchev–Trinajstić information content (AvgIpc) is 2.72. The number of pyridine rings is 1. The fourth-order valence-corrected chi connectivity index (χ4v) is 2.24. The van der Waals surface area contributed by atoms with Crippen LogP contribution in [0.3, 0.4) is 0 Å². The maximum absolute atomic E-state index is 12.2. The third-order valence-corrected chi connectivity index (χ3v) is 3.20. The Balaban J connectivity index is 1.94. The van der Waals surface area contributed by atoms with Crippen LogP contribution in [0.15, 0.2) is 42.6 Å². The number of carbonyl (C=O) groups is 3. The number of nitrogens with zero attached hydrogens (tertiary/aromatic N) is 2. The summed E-state index contributed by atoms with van der Waals surface area (Å²) < 4.78 is 0. The van der Waals surface area contributed by atoms with Gasteiger partial charge in [0.15, 0.2) is 0 Å². The van der Waals surface area contributed by atoms with Crippen molar-refractivity contribution in [3.63, 3.8) is 0 Å². The highest BCUT2D eigenvalue weighted by molar-refractivity contribution is 6.33. The molecule has 0 bridgehead atoms. The molecular weight excluding hydrogens is 272 g/mol. The lowest BCUT2D eigenvalue weighted by atomic mass is 10.1. The van der Waals surface area contributed by atoms with Gasteiger partial charge in [-0.25, -0.2) is 4.90 Å². The van der Waals surface area contributed by atoms with Crippen molar-refractivity contribution in [1.29, 1.82) is 0 Å². The molecule has 1 aromatic carbocycles. The molecule has 6 heteroatoms. The number of amides is 2. The fourth-order valence-electron chi connectivity index (χ4n) is 2.24. The number of aromatic nitrogens is 1. The molecule has 0 saturated heterocycles. The molecular formula is C15H10N2O4. The molecule has 0 atom stereocenters. The summed E-state index contributed by atoms with van der Waals surface area (Å²) in [6, 6.07) is 9.44. The summed E-state index contributed by atoms with van der Waals surface area (Å²) in [6.07, 6.45) is 1.35. The summed E-state index contributed by atoms with van der Waals surface area (Å²) in [7, 11) is 0. The number of aliphatic carboxylic acids is 1. The molecule has 0 aliphatic carbocycles. The van der Waals surface area contributed by atoms with Gasteiger partial charge in [0.2, 0.25) is 0 Å². The highest BCUT2D eigenvalue weighted by Gasteiger charge is 2.37. The number of hydrogen-bond donors (Lipinski definition) is 1. The molecule has 1 aliphatic rings. The minimum atomic E-state index is -0.937. The van der Waals surface area contributed by atoms with Gasteiger partial charge in [0.25, 0.3) is 11.8 Å². The number of anilines is 1. The number of imide groups is 1. The second-order valence-electron chi connectivity index (χ2n) is 4.58. The fraction of sp³-hybridized carbons (Fsp3) is 0.0667. The van der Waals surface area contributed by atoms with E-state index in [0.29, 0.717) is 11.3 Å². The number of carboxylic acid groups (broad SMARTS) is 1. The molecule has 0 saturated carbocycles. The molecule has 6 nitrogen and oxygen atoms in total. The van der Waals surface area contributed by atoms with E-state index in [4.69, 9.17) is 5.11 Å². The molecule has 2 amide bonds. The summed E-state index contributed by atoms with van der Waals surface area (Å²) in [5.41, 5.74) is 1.41. The van der Waals surface area contributed by atoms with E-state index in [1.165, 1.54) is 6.20 Å². The summed E-state index contributed by atoms with van der Waals surface area (Å²) >= 11 is 0. The van der Waals surface area contributed by atoms with E-state index in [1.54, 1.807) is 36.4 Å². The zero-order valence-corrected chi connectivity index (χ0v) is 10.8. The van der Waals surface area contributed by atoms with Gasteiger partial charge in [0.1, 0.15) is 5.69 Å². The predicted molar refractivity (Wildman–Crippen MR) is 73.2 cm³/mol. The van der Waals surface area contributed by atoms with Crippen LogP contribution in [0.2, 0.25) is 0 Å². The van der Waals surface area contributed by atoms with Crippen LogP contribution in [0, 0.1) is 0 Å². The summed E-state index contributed by atoms with van der Waals surface area (Å²) in [4.78, 5) is 40.1. The van der Waals surface area contributed by atoms with Gasteiger partial charge in [-0.2, -0.15) is 0 Å². The smallest absolute Gasteiger partial charge is 0.307 e. The number of fused-ring (bicyclic) bond motifs is 1. The lowest BCUT2D eigenvalue weighted by molar-refractivity contribution is -0.136. The minimum absolute atomic E-state index is 0.107. The molecule has 2 heterocycles. The summed E-state index contributed by atoms with van der Waals surface area (Å²) in [6.45, 7) is 0. The predicted octanol–water partition coefficient (Wildman–Crippen LogP) is 1.51.